The van der Waals surface area contributed by atoms with Crippen LogP contribution in [-0.2, 0) is 6.18 Å². The smallest absolute Gasteiger partial charge is 0.344 e. The lowest BCUT2D eigenvalue weighted by Gasteiger charge is -2.15. The van der Waals surface area contributed by atoms with Gasteiger partial charge in [0, 0.05) is 23.3 Å². The molecule has 0 saturated heterocycles. The molecule has 26 heavy (non-hydrogen) atoms. The third kappa shape index (κ3) is 4.08. The summed E-state index contributed by atoms with van der Waals surface area (Å²) in [6.45, 7) is 1.63. The highest BCUT2D eigenvalue weighted by Gasteiger charge is 2.30. The molecular formula is C18H14F3N3OS. The van der Waals surface area contributed by atoms with Crippen LogP contribution in [0.15, 0.2) is 54.2 Å². The van der Waals surface area contributed by atoms with E-state index in [1.165, 1.54) is 17.4 Å². The van der Waals surface area contributed by atoms with E-state index in [1.807, 2.05) is 0 Å². The number of hydrogen-bond acceptors (Lipinski definition) is 4. The van der Waals surface area contributed by atoms with Gasteiger partial charge in [0.15, 0.2) is 0 Å². The highest BCUT2D eigenvalue weighted by molar-refractivity contribution is 7.13. The zero-order chi connectivity index (χ0) is 18.7. The summed E-state index contributed by atoms with van der Waals surface area (Å²) in [6.07, 6.45) is -1.16. The molecule has 1 N–H and O–H groups in total. The highest BCUT2D eigenvalue weighted by Crippen LogP contribution is 2.31. The molecule has 0 unspecified atom stereocenters. The second-order valence-electron chi connectivity index (χ2n) is 5.59. The topological polar surface area (TPSA) is 54.9 Å². The minimum atomic E-state index is -4.42. The largest absolute Gasteiger partial charge is 0.416 e. The van der Waals surface area contributed by atoms with E-state index in [9.17, 15) is 18.0 Å². The number of amides is 1. The number of nitrogens with one attached hydrogen (secondary N) is 1. The Morgan fingerprint density at radius 3 is 2.62 bits per heavy atom. The van der Waals surface area contributed by atoms with Crippen molar-refractivity contribution in [2.45, 2.75) is 19.1 Å². The van der Waals surface area contributed by atoms with Crippen LogP contribution in [0, 0.1) is 0 Å². The summed E-state index contributed by atoms with van der Waals surface area (Å²) < 4.78 is 38.5. The van der Waals surface area contributed by atoms with Crippen LogP contribution in [0.1, 0.15) is 34.6 Å². The molecule has 1 amide bonds. The van der Waals surface area contributed by atoms with E-state index in [-0.39, 0.29) is 5.69 Å². The summed E-state index contributed by atoms with van der Waals surface area (Å²) >= 11 is 1.31. The van der Waals surface area contributed by atoms with Crippen LogP contribution in [0.5, 0.6) is 0 Å². The molecular weight excluding hydrogens is 363 g/mol. The van der Waals surface area contributed by atoms with Gasteiger partial charge in [0.25, 0.3) is 5.91 Å². The molecule has 0 bridgehead atoms. The Balaban J connectivity index is 1.73. The molecule has 0 spiro atoms. The average molecular weight is 377 g/mol. The number of alkyl halides is 3. The normalized spacial score (nSPS) is 12.6. The standard InChI is InChI=1S/C18H14F3N3OS/c1-11(13-3-2-4-14(9-13)18(19,20)21)23-16(25)15-10-26-17(24-15)12-5-7-22-8-6-12/h2-11H,1H3,(H,23,25)/t11-/m1/s1. The molecule has 0 radical (unpaired) electrons. The lowest BCUT2D eigenvalue weighted by atomic mass is 10.0. The van der Waals surface area contributed by atoms with Gasteiger partial charge in [0.05, 0.1) is 11.6 Å². The number of aromatic nitrogens is 2. The first-order valence-corrected chi connectivity index (χ1v) is 8.56. The SMILES string of the molecule is C[C@@H](NC(=O)c1csc(-c2ccncc2)n1)c1cccc(C(F)(F)F)c1. The maximum Gasteiger partial charge on any atom is 0.416 e. The first-order valence-electron chi connectivity index (χ1n) is 7.68. The molecule has 0 saturated carbocycles. The van der Waals surface area contributed by atoms with Crippen molar-refractivity contribution in [3.63, 3.8) is 0 Å². The van der Waals surface area contributed by atoms with E-state index in [1.54, 1.807) is 42.9 Å². The van der Waals surface area contributed by atoms with Gasteiger partial charge in [-0.25, -0.2) is 4.98 Å². The molecule has 0 fully saturated rings. The Kier molecular flexibility index (Phi) is 5.03. The molecule has 1 atom stereocenters. The predicted molar refractivity (Wildman–Crippen MR) is 92.7 cm³/mol. The maximum absolute atomic E-state index is 12.8. The van der Waals surface area contributed by atoms with Crippen LogP contribution in [-0.4, -0.2) is 15.9 Å². The molecule has 0 aliphatic rings. The Morgan fingerprint density at radius 2 is 1.92 bits per heavy atom. The van der Waals surface area contributed by atoms with Gasteiger partial charge in [0.2, 0.25) is 0 Å². The van der Waals surface area contributed by atoms with E-state index >= 15 is 0 Å². The number of carbonyl (C=O) groups excluding carboxylic acids is 1. The van der Waals surface area contributed by atoms with Gasteiger partial charge in [-0.2, -0.15) is 13.2 Å². The van der Waals surface area contributed by atoms with Crippen molar-refractivity contribution < 1.29 is 18.0 Å². The van der Waals surface area contributed by atoms with Gasteiger partial charge in [-0.15, -0.1) is 11.3 Å². The number of hydrogen-bond donors (Lipinski definition) is 1. The second-order valence-corrected chi connectivity index (χ2v) is 6.45. The van der Waals surface area contributed by atoms with Crippen molar-refractivity contribution in [3.8, 4) is 10.6 Å². The van der Waals surface area contributed by atoms with Gasteiger partial charge < -0.3 is 5.32 Å². The summed E-state index contributed by atoms with van der Waals surface area (Å²) in [5.74, 6) is -0.438. The van der Waals surface area contributed by atoms with Gasteiger partial charge in [-0.1, -0.05) is 12.1 Å². The van der Waals surface area contributed by atoms with E-state index in [0.717, 1.165) is 17.7 Å². The fourth-order valence-electron chi connectivity index (χ4n) is 2.34. The van der Waals surface area contributed by atoms with E-state index in [4.69, 9.17) is 0 Å². The van der Waals surface area contributed by atoms with Gasteiger partial charge in [0.1, 0.15) is 10.7 Å². The zero-order valence-corrected chi connectivity index (χ0v) is 14.4. The minimum absolute atomic E-state index is 0.223. The Labute approximate surface area is 151 Å². The van der Waals surface area contributed by atoms with E-state index < -0.39 is 23.7 Å². The first-order chi connectivity index (χ1) is 12.3. The van der Waals surface area contributed by atoms with Gasteiger partial charge in [-0.3, -0.25) is 9.78 Å². The third-order valence-corrected chi connectivity index (χ3v) is 4.62. The third-order valence-electron chi connectivity index (χ3n) is 3.73. The molecule has 1 aromatic carbocycles. The average Bonchev–Trinajstić information content (AvgIpc) is 3.12. The summed E-state index contributed by atoms with van der Waals surface area (Å²) in [5.41, 5.74) is 0.693. The molecule has 3 aromatic rings. The van der Waals surface area contributed by atoms with Crippen molar-refractivity contribution in [3.05, 3.63) is 71.0 Å². The molecule has 3 rings (SSSR count). The Hall–Kier alpha value is -2.74. The van der Waals surface area contributed by atoms with Crippen LogP contribution in [0.3, 0.4) is 0 Å². The van der Waals surface area contributed by atoms with Gasteiger partial charge in [-0.05, 0) is 36.8 Å². The van der Waals surface area contributed by atoms with Crippen molar-refractivity contribution in [1.29, 1.82) is 0 Å². The zero-order valence-electron chi connectivity index (χ0n) is 13.6. The number of benzene rings is 1. The molecule has 2 aromatic heterocycles. The number of rotatable bonds is 4. The fraction of sp³-hybridized carbons (Fsp3) is 0.167. The maximum atomic E-state index is 12.8. The van der Waals surface area contributed by atoms with Crippen molar-refractivity contribution in [2.24, 2.45) is 0 Å². The predicted octanol–water partition coefficient (Wildman–Crippen LogP) is 4.71. The van der Waals surface area contributed by atoms with Crippen LogP contribution in [0.4, 0.5) is 13.2 Å². The van der Waals surface area contributed by atoms with Crippen LogP contribution >= 0.6 is 11.3 Å². The molecule has 2 heterocycles. The van der Waals surface area contributed by atoms with E-state index in [2.05, 4.69) is 15.3 Å². The lowest BCUT2D eigenvalue weighted by Crippen LogP contribution is -2.27. The van der Waals surface area contributed by atoms with Crippen LogP contribution in [0.25, 0.3) is 10.6 Å². The fourth-order valence-corrected chi connectivity index (χ4v) is 3.15. The second kappa shape index (κ2) is 7.25. The highest BCUT2D eigenvalue weighted by atomic mass is 32.1. The molecule has 0 aliphatic carbocycles. The van der Waals surface area contributed by atoms with E-state index in [0.29, 0.717) is 10.6 Å². The summed E-state index contributed by atoms with van der Waals surface area (Å²) in [6, 6.07) is 7.89. The number of halogens is 3. The summed E-state index contributed by atoms with van der Waals surface area (Å²) in [5, 5.41) is 4.97. The Bertz CT molecular complexity index is 909. The van der Waals surface area contributed by atoms with Crippen molar-refractivity contribution in [1.82, 2.24) is 15.3 Å². The van der Waals surface area contributed by atoms with Crippen LogP contribution < -0.4 is 5.32 Å². The number of nitrogens with zero attached hydrogens (tertiary/aromatic N) is 2. The number of pyridine rings is 1. The molecule has 8 heteroatoms. The summed E-state index contributed by atoms with van der Waals surface area (Å²) in [4.78, 5) is 20.6. The number of thiazole rings is 1. The van der Waals surface area contributed by atoms with Crippen molar-refractivity contribution in [2.75, 3.05) is 0 Å². The van der Waals surface area contributed by atoms with Crippen molar-refractivity contribution >= 4 is 17.2 Å². The number of carbonyl (C=O) groups is 1. The monoisotopic (exact) mass is 377 g/mol. The first kappa shape index (κ1) is 18.1. The molecule has 4 nitrogen and oxygen atoms in total. The molecule has 0 aliphatic heterocycles. The summed E-state index contributed by atoms with van der Waals surface area (Å²) in [7, 11) is 0. The Morgan fingerprint density at radius 1 is 1.19 bits per heavy atom. The molecule has 134 valence electrons. The lowest BCUT2D eigenvalue weighted by molar-refractivity contribution is -0.137. The van der Waals surface area contributed by atoms with Crippen LogP contribution in [0.2, 0.25) is 0 Å². The quantitative estimate of drug-likeness (QED) is 0.716. The minimum Gasteiger partial charge on any atom is -0.344 e. The van der Waals surface area contributed by atoms with Gasteiger partial charge >= 0.3 is 6.18 Å².